The lowest BCUT2D eigenvalue weighted by molar-refractivity contribution is -0.122. The zero-order valence-corrected chi connectivity index (χ0v) is 16.7. The number of fused-ring (bicyclic) bond motifs is 1. The Morgan fingerprint density at radius 3 is 2.31 bits per heavy atom. The predicted molar refractivity (Wildman–Crippen MR) is 110 cm³/mol. The van der Waals surface area contributed by atoms with Crippen LogP contribution in [0.25, 0.3) is 0 Å². The van der Waals surface area contributed by atoms with E-state index in [1.54, 1.807) is 0 Å². The van der Waals surface area contributed by atoms with Crippen molar-refractivity contribution >= 4 is 11.9 Å². The van der Waals surface area contributed by atoms with Crippen LogP contribution < -0.4 is 25.8 Å². The van der Waals surface area contributed by atoms with E-state index in [9.17, 15) is 9.59 Å². The van der Waals surface area contributed by atoms with Gasteiger partial charge in [0.15, 0.2) is 11.5 Å². The molecule has 154 valence electrons. The van der Waals surface area contributed by atoms with E-state index in [1.165, 1.54) is 0 Å². The molecule has 2 aromatic carbocycles. The molecule has 4 N–H and O–H groups in total. The standard InChI is InChI=1S/C22H27N3O4/c1-14(2)21(16-8-9-18-19(12-16)29-11-10-28-18)25-20(26)13-17(24-22(23)27)15-6-4-3-5-7-15/h3-9,12,14,17,21H,10-11,13H2,1-2H3,(H,25,26)(H3,23,24,27). The van der Waals surface area contributed by atoms with Crippen molar-refractivity contribution in [3.8, 4) is 11.5 Å². The number of carbonyl (C=O) groups excluding carboxylic acids is 2. The highest BCUT2D eigenvalue weighted by molar-refractivity contribution is 5.79. The minimum atomic E-state index is -0.668. The van der Waals surface area contributed by atoms with Gasteiger partial charge in [-0.05, 0) is 29.2 Å². The predicted octanol–water partition coefficient (Wildman–Crippen LogP) is 3.07. The molecule has 1 aliphatic rings. The van der Waals surface area contributed by atoms with E-state index in [4.69, 9.17) is 15.2 Å². The smallest absolute Gasteiger partial charge is 0.312 e. The number of amides is 3. The van der Waals surface area contributed by atoms with E-state index in [0.29, 0.717) is 24.7 Å². The molecule has 0 spiro atoms. The fourth-order valence-electron chi connectivity index (χ4n) is 3.42. The number of benzene rings is 2. The third-order valence-corrected chi connectivity index (χ3v) is 4.82. The molecule has 2 aromatic rings. The first-order valence-electron chi connectivity index (χ1n) is 9.74. The molecule has 1 aliphatic heterocycles. The number of urea groups is 1. The summed E-state index contributed by atoms with van der Waals surface area (Å²) in [6.07, 6.45) is 0.0841. The van der Waals surface area contributed by atoms with Crippen LogP contribution in [0.4, 0.5) is 4.79 Å². The Bertz CT molecular complexity index is 854. The molecule has 0 aliphatic carbocycles. The summed E-state index contributed by atoms with van der Waals surface area (Å²) in [7, 11) is 0. The SMILES string of the molecule is CC(C)C(NC(=O)CC(NC(N)=O)c1ccccc1)c1ccc2c(c1)OCCO2. The Morgan fingerprint density at radius 1 is 0.966 bits per heavy atom. The largest absolute Gasteiger partial charge is 0.486 e. The lowest BCUT2D eigenvalue weighted by atomic mass is 9.94. The topological polar surface area (TPSA) is 103 Å². The summed E-state index contributed by atoms with van der Waals surface area (Å²) in [5.41, 5.74) is 7.07. The molecule has 0 bridgehead atoms. The molecule has 0 saturated heterocycles. The number of hydrogen-bond acceptors (Lipinski definition) is 4. The fourth-order valence-corrected chi connectivity index (χ4v) is 3.42. The van der Waals surface area contributed by atoms with Crippen molar-refractivity contribution in [3.63, 3.8) is 0 Å². The number of hydrogen-bond donors (Lipinski definition) is 3. The molecule has 29 heavy (non-hydrogen) atoms. The maximum atomic E-state index is 12.8. The van der Waals surface area contributed by atoms with Gasteiger partial charge < -0.3 is 25.8 Å². The quantitative estimate of drug-likeness (QED) is 0.668. The van der Waals surface area contributed by atoms with Gasteiger partial charge in [0.05, 0.1) is 18.5 Å². The van der Waals surface area contributed by atoms with Crippen LogP contribution in [0.2, 0.25) is 0 Å². The Morgan fingerprint density at radius 2 is 1.66 bits per heavy atom. The monoisotopic (exact) mass is 397 g/mol. The van der Waals surface area contributed by atoms with Gasteiger partial charge in [0.1, 0.15) is 13.2 Å². The van der Waals surface area contributed by atoms with Gasteiger partial charge in [-0.25, -0.2) is 4.79 Å². The summed E-state index contributed by atoms with van der Waals surface area (Å²) in [6, 6.07) is 13.6. The normalized spacial score (nSPS) is 14.7. The second kappa shape index (κ2) is 9.32. The van der Waals surface area contributed by atoms with Crippen molar-refractivity contribution in [1.29, 1.82) is 0 Å². The summed E-state index contributed by atoms with van der Waals surface area (Å²) in [4.78, 5) is 24.2. The number of carbonyl (C=O) groups is 2. The molecule has 0 radical (unpaired) electrons. The van der Waals surface area contributed by atoms with Crippen molar-refractivity contribution in [2.75, 3.05) is 13.2 Å². The summed E-state index contributed by atoms with van der Waals surface area (Å²) < 4.78 is 11.2. The molecular weight excluding hydrogens is 370 g/mol. The average molecular weight is 397 g/mol. The molecule has 7 heteroatoms. The molecule has 2 atom stereocenters. The Labute approximate surface area is 170 Å². The van der Waals surface area contributed by atoms with Crippen molar-refractivity contribution in [2.24, 2.45) is 11.7 Å². The molecule has 7 nitrogen and oxygen atoms in total. The molecule has 0 saturated carbocycles. The van der Waals surface area contributed by atoms with E-state index in [0.717, 1.165) is 11.1 Å². The lowest BCUT2D eigenvalue weighted by Gasteiger charge is -2.26. The first-order valence-corrected chi connectivity index (χ1v) is 9.74. The first kappa shape index (κ1) is 20.5. The Hall–Kier alpha value is -3.22. The van der Waals surface area contributed by atoms with Crippen molar-refractivity contribution in [1.82, 2.24) is 10.6 Å². The summed E-state index contributed by atoms with van der Waals surface area (Å²) in [6.45, 7) is 5.12. The van der Waals surface area contributed by atoms with Crippen LogP contribution in [-0.4, -0.2) is 25.2 Å². The Kier molecular flexibility index (Phi) is 6.59. The van der Waals surface area contributed by atoms with Crippen LogP contribution in [0.1, 0.15) is 43.5 Å². The van der Waals surface area contributed by atoms with Crippen molar-refractivity contribution in [3.05, 3.63) is 59.7 Å². The molecule has 0 aromatic heterocycles. The number of ether oxygens (including phenoxy) is 2. The van der Waals surface area contributed by atoms with Gasteiger partial charge in [-0.2, -0.15) is 0 Å². The van der Waals surface area contributed by atoms with Crippen molar-refractivity contribution in [2.45, 2.75) is 32.4 Å². The van der Waals surface area contributed by atoms with Gasteiger partial charge in [-0.1, -0.05) is 50.2 Å². The second-order valence-corrected chi connectivity index (χ2v) is 7.37. The van der Waals surface area contributed by atoms with Crippen LogP contribution in [-0.2, 0) is 4.79 Å². The maximum absolute atomic E-state index is 12.8. The van der Waals surface area contributed by atoms with Crippen molar-refractivity contribution < 1.29 is 19.1 Å². The number of nitrogens with two attached hydrogens (primary N) is 1. The molecule has 3 rings (SSSR count). The van der Waals surface area contributed by atoms with Gasteiger partial charge in [-0.15, -0.1) is 0 Å². The van der Waals surface area contributed by atoms with Gasteiger partial charge >= 0.3 is 6.03 Å². The zero-order chi connectivity index (χ0) is 20.8. The third kappa shape index (κ3) is 5.40. The first-order chi connectivity index (χ1) is 13.9. The lowest BCUT2D eigenvalue weighted by Crippen LogP contribution is -2.38. The summed E-state index contributed by atoms with van der Waals surface area (Å²) in [5, 5.41) is 5.74. The minimum absolute atomic E-state index is 0.0841. The van der Waals surface area contributed by atoms with Gasteiger partial charge in [0.2, 0.25) is 5.91 Å². The van der Waals surface area contributed by atoms with Crippen LogP contribution in [0.15, 0.2) is 48.5 Å². The van der Waals surface area contributed by atoms with Crippen LogP contribution >= 0.6 is 0 Å². The second-order valence-electron chi connectivity index (χ2n) is 7.37. The highest BCUT2D eigenvalue weighted by Crippen LogP contribution is 2.34. The molecule has 3 amide bonds. The number of rotatable bonds is 7. The molecule has 2 unspecified atom stereocenters. The average Bonchev–Trinajstić information content (AvgIpc) is 2.71. The summed E-state index contributed by atoms with van der Waals surface area (Å²) in [5.74, 6) is 1.37. The van der Waals surface area contributed by atoms with Crippen LogP contribution in [0.5, 0.6) is 11.5 Å². The van der Waals surface area contributed by atoms with Crippen LogP contribution in [0.3, 0.4) is 0 Å². The van der Waals surface area contributed by atoms with E-state index >= 15 is 0 Å². The van der Waals surface area contributed by atoms with E-state index in [1.807, 2.05) is 62.4 Å². The highest BCUT2D eigenvalue weighted by atomic mass is 16.6. The molecular formula is C22H27N3O4. The molecule has 0 fully saturated rings. The van der Waals surface area contributed by atoms with E-state index < -0.39 is 12.1 Å². The minimum Gasteiger partial charge on any atom is -0.486 e. The third-order valence-electron chi connectivity index (χ3n) is 4.82. The molecule has 1 heterocycles. The number of nitrogens with one attached hydrogen (secondary N) is 2. The van der Waals surface area contributed by atoms with Gasteiger partial charge in [0, 0.05) is 0 Å². The van der Waals surface area contributed by atoms with Crippen LogP contribution in [0, 0.1) is 5.92 Å². The van der Waals surface area contributed by atoms with E-state index in [2.05, 4.69) is 10.6 Å². The van der Waals surface area contributed by atoms with Gasteiger partial charge in [0.25, 0.3) is 0 Å². The zero-order valence-electron chi connectivity index (χ0n) is 16.7. The number of primary amides is 1. The van der Waals surface area contributed by atoms with E-state index in [-0.39, 0.29) is 24.3 Å². The maximum Gasteiger partial charge on any atom is 0.312 e. The summed E-state index contributed by atoms with van der Waals surface area (Å²) >= 11 is 0. The fraction of sp³-hybridized carbons (Fsp3) is 0.364. The highest BCUT2D eigenvalue weighted by Gasteiger charge is 2.24. The van der Waals surface area contributed by atoms with Gasteiger partial charge in [-0.3, -0.25) is 4.79 Å². The Balaban J connectivity index is 1.74.